The van der Waals surface area contributed by atoms with Gasteiger partial charge in [0.1, 0.15) is 18.1 Å². The molecule has 0 unspecified atom stereocenters. The Balaban J connectivity index is 1.81. The highest BCUT2D eigenvalue weighted by atomic mass is 19.1. The lowest BCUT2D eigenvalue weighted by atomic mass is 10.1. The van der Waals surface area contributed by atoms with Crippen molar-refractivity contribution in [2.75, 3.05) is 0 Å². The third kappa shape index (κ3) is 2.39. The van der Waals surface area contributed by atoms with E-state index in [1.807, 2.05) is 31.2 Å². The molecule has 0 bridgehead atoms. The zero-order valence-corrected chi connectivity index (χ0v) is 14.8. The van der Waals surface area contributed by atoms with Crippen LogP contribution in [-0.4, -0.2) is 30.1 Å². The van der Waals surface area contributed by atoms with Crippen molar-refractivity contribution in [2.45, 2.75) is 13.5 Å². The summed E-state index contributed by atoms with van der Waals surface area (Å²) < 4.78 is 20.3. The van der Waals surface area contributed by atoms with Gasteiger partial charge in [0.15, 0.2) is 17.2 Å². The van der Waals surface area contributed by atoms with Gasteiger partial charge in [-0.25, -0.2) is 4.39 Å². The molecule has 7 nitrogen and oxygen atoms in total. The second-order valence-corrected chi connectivity index (χ2v) is 6.38. The van der Waals surface area contributed by atoms with E-state index in [2.05, 4.69) is 20.5 Å². The summed E-state index contributed by atoms with van der Waals surface area (Å²) in [5.41, 5.74) is 2.95. The van der Waals surface area contributed by atoms with E-state index in [1.54, 1.807) is 16.6 Å². The van der Waals surface area contributed by atoms with Crippen molar-refractivity contribution in [1.29, 1.82) is 0 Å². The summed E-state index contributed by atoms with van der Waals surface area (Å²) in [5.74, 6) is 0.280. The van der Waals surface area contributed by atoms with Crippen LogP contribution in [0.15, 0.2) is 53.1 Å². The fraction of sp³-hybridized carbons (Fsp3) is 0.100. The average Bonchev–Trinajstić information content (AvgIpc) is 3.32. The molecule has 5 rings (SSSR count). The van der Waals surface area contributed by atoms with Crippen molar-refractivity contribution in [3.63, 3.8) is 0 Å². The zero-order valence-electron chi connectivity index (χ0n) is 14.8. The molecular formula is C20H14FN5O2. The fourth-order valence-corrected chi connectivity index (χ4v) is 3.36. The monoisotopic (exact) mass is 375 g/mol. The fourth-order valence-electron chi connectivity index (χ4n) is 3.36. The Bertz CT molecular complexity index is 1320. The summed E-state index contributed by atoms with van der Waals surface area (Å²) in [6.45, 7) is 1.54. The molecule has 138 valence electrons. The van der Waals surface area contributed by atoms with E-state index in [1.165, 1.54) is 12.1 Å². The standard InChI is InChI=1S/C20H14FN5O2/c1-11-14-4-2-3-5-15(14)19-22-23-20(26(19)24-11)17-16(10-27)28-25-18(17)12-6-8-13(21)9-7-12/h2-9,27H,10H2,1H3. The van der Waals surface area contributed by atoms with Crippen LogP contribution < -0.4 is 0 Å². The number of aliphatic hydroxyl groups excluding tert-OH is 1. The van der Waals surface area contributed by atoms with Crippen LogP contribution in [0.1, 0.15) is 11.5 Å². The van der Waals surface area contributed by atoms with E-state index in [0.717, 1.165) is 16.5 Å². The Morgan fingerprint density at radius 2 is 1.79 bits per heavy atom. The zero-order chi connectivity index (χ0) is 19.3. The molecule has 8 heteroatoms. The van der Waals surface area contributed by atoms with Gasteiger partial charge in [-0.1, -0.05) is 29.4 Å². The number of aliphatic hydroxyl groups is 1. The van der Waals surface area contributed by atoms with Gasteiger partial charge in [0, 0.05) is 16.3 Å². The van der Waals surface area contributed by atoms with Gasteiger partial charge < -0.3 is 9.63 Å². The van der Waals surface area contributed by atoms with Gasteiger partial charge in [0.25, 0.3) is 0 Å². The minimum absolute atomic E-state index is 0.237. The van der Waals surface area contributed by atoms with Gasteiger partial charge in [-0.15, -0.1) is 10.2 Å². The van der Waals surface area contributed by atoms with Gasteiger partial charge in [-0.2, -0.15) is 9.61 Å². The SMILES string of the molecule is Cc1nn2c(-c3c(-c4ccc(F)cc4)noc3CO)nnc2c2ccccc12. The number of hydrogen-bond acceptors (Lipinski definition) is 6. The molecule has 0 aliphatic heterocycles. The molecule has 0 radical (unpaired) electrons. The Morgan fingerprint density at radius 3 is 2.54 bits per heavy atom. The molecule has 3 aromatic heterocycles. The topological polar surface area (TPSA) is 89.3 Å². The highest BCUT2D eigenvalue weighted by molar-refractivity contribution is 5.95. The van der Waals surface area contributed by atoms with E-state index < -0.39 is 0 Å². The quantitative estimate of drug-likeness (QED) is 0.519. The summed E-state index contributed by atoms with van der Waals surface area (Å²) in [6.07, 6.45) is 0. The van der Waals surface area contributed by atoms with E-state index in [9.17, 15) is 9.50 Å². The number of aromatic nitrogens is 5. The van der Waals surface area contributed by atoms with Gasteiger partial charge in [0.05, 0.1) is 11.3 Å². The predicted octanol–water partition coefficient (Wildman–Crippen LogP) is 3.54. The molecule has 5 aromatic rings. The second-order valence-electron chi connectivity index (χ2n) is 6.38. The van der Waals surface area contributed by atoms with Crippen molar-refractivity contribution in [1.82, 2.24) is 25.0 Å². The number of halogens is 1. The molecule has 0 amide bonds. The Morgan fingerprint density at radius 1 is 1.04 bits per heavy atom. The highest BCUT2D eigenvalue weighted by Crippen LogP contribution is 2.34. The lowest BCUT2D eigenvalue weighted by molar-refractivity contribution is 0.230. The van der Waals surface area contributed by atoms with E-state index >= 15 is 0 Å². The first-order valence-electron chi connectivity index (χ1n) is 8.64. The van der Waals surface area contributed by atoms with Crippen molar-refractivity contribution in [3.8, 4) is 22.6 Å². The predicted molar refractivity (Wildman–Crippen MR) is 99.8 cm³/mol. The number of nitrogens with zero attached hydrogens (tertiary/aromatic N) is 5. The molecule has 3 heterocycles. The Hall–Kier alpha value is -3.65. The first-order chi connectivity index (χ1) is 13.7. The number of rotatable bonds is 3. The average molecular weight is 375 g/mol. The molecule has 0 fully saturated rings. The molecule has 0 aliphatic carbocycles. The summed E-state index contributed by atoms with van der Waals surface area (Å²) in [6, 6.07) is 13.7. The smallest absolute Gasteiger partial charge is 0.191 e. The normalized spacial score (nSPS) is 11.5. The van der Waals surface area contributed by atoms with E-state index in [0.29, 0.717) is 28.3 Å². The number of fused-ring (bicyclic) bond motifs is 3. The van der Waals surface area contributed by atoms with Crippen LogP contribution in [0.3, 0.4) is 0 Å². The first kappa shape index (κ1) is 16.5. The molecule has 1 N–H and O–H groups in total. The molecule has 28 heavy (non-hydrogen) atoms. The maximum Gasteiger partial charge on any atom is 0.191 e. The highest BCUT2D eigenvalue weighted by Gasteiger charge is 2.25. The van der Waals surface area contributed by atoms with E-state index in [-0.39, 0.29) is 18.2 Å². The first-order valence-corrected chi connectivity index (χ1v) is 8.64. The molecule has 0 saturated carbocycles. The van der Waals surface area contributed by atoms with Crippen molar-refractivity contribution in [3.05, 3.63) is 65.8 Å². The summed E-state index contributed by atoms with van der Waals surface area (Å²) in [7, 11) is 0. The van der Waals surface area contributed by atoms with Gasteiger partial charge in [-0.05, 0) is 31.2 Å². The molecule has 0 aliphatic rings. The number of aryl methyl sites for hydroxylation is 1. The Kier molecular flexibility index (Phi) is 3.66. The third-order valence-electron chi connectivity index (χ3n) is 4.70. The summed E-state index contributed by atoms with van der Waals surface area (Å²) in [4.78, 5) is 0. The van der Waals surface area contributed by atoms with E-state index in [4.69, 9.17) is 4.52 Å². The minimum Gasteiger partial charge on any atom is -0.388 e. The Labute approximate surface area is 158 Å². The molecular weight excluding hydrogens is 361 g/mol. The van der Waals surface area contributed by atoms with Crippen LogP contribution in [0.25, 0.3) is 39.1 Å². The maximum absolute atomic E-state index is 13.3. The lowest BCUT2D eigenvalue weighted by Crippen LogP contribution is -2.00. The van der Waals surface area contributed by atoms with Crippen molar-refractivity contribution in [2.24, 2.45) is 0 Å². The lowest BCUT2D eigenvalue weighted by Gasteiger charge is -2.05. The van der Waals surface area contributed by atoms with Crippen LogP contribution in [-0.2, 0) is 6.61 Å². The molecule has 0 saturated heterocycles. The second kappa shape index (κ2) is 6.21. The van der Waals surface area contributed by atoms with Crippen LogP contribution >= 0.6 is 0 Å². The molecule has 0 spiro atoms. The van der Waals surface area contributed by atoms with Gasteiger partial charge >= 0.3 is 0 Å². The maximum atomic E-state index is 13.3. The number of benzene rings is 2. The number of hydrogen-bond donors (Lipinski definition) is 1. The van der Waals surface area contributed by atoms with Crippen LogP contribution in [0, 0.1) is 12.7 Å². The molecule has 0 atom stereocenters. The van der Waals surface area contributed by atoms with Crippen LogP contribution in [0.5, 0.6) is 0 Å². The van der Waals surface area contributed by atoms with Gasteiger partial charge in [-0.3, -0.25) is 0 Å². The minimum atomic E-state index is -0.370. The summed E-state index contributed by atoms with van der Waals surface area (Å²) >= 11 is 0. The largest absolute Gasteiger partial charge is 0.388 e. The van der Waals surface area contributed by atoms with Gasteiger partial charge in [0.2, 0.25) is 0 Å². The van der Waals surface area contributed by atoms with Crippen LogP contribution in [0.4, 0.5) is 4.39 Å². The van der Waals surface area contributed by atoms with Crippen molar-refractivity contribution < 1.29 is 14.0 Å². The van der Waals surface area contributed by atoms with Crippen molar-refractivity contribution >= 4 is 16.4 Å². The molecule has 2 aromatic carbocycles. The summed E-state index contributed by atoms with van der Waals surface area (Å²) in [5, 5.41) is 29.0. The third-order valence-corrected chi connectivity index (χ3v) is 4.70. The van der Waals surface area contributed by atoms with Crippen LogP contribution in [0.2, 0.25) is 0 Å².